The number of nitrogens with two attached hydrogens (primary N) is 1. The van der Waals surface area contributed by atoms with Crippen LogP contribution in [0.3, 0.4) is 0 Å². The molecule has 3 rings (SSSR count). The Morgan fingerprint density at radius 2 is 2.16 bits per heavy atom. The van der Waals surface area contributed by atoms with Gasteiger partial charge in [0.15, 0.2) is 11.5 Å². The Balaban J connectivity index is 2.06. The third-order valence-electron chi connectivity index (χ3n) is 3.95. The normalized spacial score (nSPS) is 18.4. The van der Waals surface area contributed by atoms with E-state index in [0.717, 1.165) is 12.6 Å². The summed E-state index contributed by atoms with van der Waals surface area (Å²) >= 11 is 5.93. The van der Waals surface area contributed by atoms with Crippen molar-refractivity contribution in [2.45, 2.75) is 25.1 Å². The van der Waals surface area contributed by atoms with E-state index in [1.807, 2.05) is 0 Å². The highest BCUT2D eigenvalue weighted by molar-refractivity contribution is 6.32. The molecule has 2 aromatic rings. The largest absolute Gasteiger partial charge is 0.434 e. The van der Waals surface area contributed by atoms with Gasteiger partial charge < -0.3 is 10.6 Å². The molecule has 1 aliphatic rings. The van der Waals surface area contributed by atoms with Gasteiger partial charge in [0.25, 0.3) is 5.91 Å². The molecule has 1 fully saturated rings. The van der Waals surface area contributed by atoms with Gasteiger partial charge in [-0.05, 0) is 25.0 Å². The van der Waals surface area contributed by atoms with Gasteiger partial charge in [-0.25, -0.2) is 9.67 Å². The highest BCUT2D eigenvalue weighted by Crippen LogP contribution is 2.35. The van der Waals surface area contributed by atoms with Gasteiger partial charge in [0.2, 0.25) is 0 Å². The summed E-state index contributed by atoms with van der Waals surface area (Å²) < 4.78 is 41.5. The molecular formula is C15H15ClF3N5O. The Kier molecular flexibility index (Phi) is 4.70. The van der Waals surface area contributed by atoms with E-state index in [1.165, 1.54) is 23.2 Å². The van der Waals surface area contributed by atoms with Crippen LogP contribution in [0.15, 0.2) is 24.5 Å². The van der Waals surface area contributed by atoms with Crippen LogP contribution < -0.4 is 5.73 Å². The maximum absolute atomic E-state index is 13.6. The zero-order chi connectivity index (χ0) is 18.2. The number of hydrogen-bond acceptors (Lipinski definition) is 4. The molecule has 10 heteroatoms. The molecule has 6 nitrogen and oxygen atoms in total. The third-order valence-corrected chi connectivity index (χ3v) is 4.25. The molecule has 0 bridgehead atoms. The molecule has 0 aromatic carbocycles. The van der Waals surface area contributed by atoms with E-state index in [0.29, 0.717) is 17.6 Å². The van der Waals surface area contributed by atoms with E-state index in [2.05, 4.69) is 10.1 Å². The molecule has 2 N–H and O–H groups in total. The monoisotopic (exact) mass is 373 g/mol. The van der Waals surface area contributed by atoms with Gasteiger partial charge in [-0.2, -0.15) is 18.3 Å². The first-order valence-electron chi connectivity index (χ1n) is 7.60. The summed E-state index contributed by atoms with van der Waals surface area (Å²) in [6.07, 6.45) is -1.22. The number of likely N-dealkylation sites (tertiary alicyclic amines) is 1. The van der Waals surface area contributed by atoms with Crippen LogP contribution in [-0.2, 0) is 6.18 Å². The lowest BCUT2D eigenvalue weighted by Crippen LogP contribution is -2.46. The summed E-state index contributed by atoms with van der Waals surface area (Å²) in [7, 11) is 0. The maximum atomic E-state index is 13.6. The van der Waals surface area contributed by atoms with Crippen molar-refractivity contribution in [3.05, 3.63) is 40.8 Å². The van der Waals surface area contributed by atoms with Crippen LogP contribution in [0.2, 0.25) is 5.02 Å². The average Bonchev–Trinajstić information content (AvgIpc) is 2.99. The van der Waals surface area contributed by atoms with Gasteiger partial charge in [-0.15, -0.1) is 0 Å². The van der Waals surface area contributed by atoms with Crippen LogP contribution in [0, 0.1) is 0 Å². The Morgan fingerprint density at radius 1 is 1.40 bits per heavy atom. The molecule has 0 radical (unpaired) electrons. The molecule has 1 amide bonds. The number of nitrogens with zero attached hydrogens (tertiary/aromatic N) is 4. The number of carbonyl (C=O) groups is 1. The number of rotatable bonds is 2. The van der Waals surface area contributed by atoms with Crippen molar-refractivity contribution in [3.63, 3.8) is 0 Å². The lowest BCUT2D eigenvalue weighted by molar-refractivity contribution is -0.143. The Labute approximate surface area is 146 Å². The number of hydrogen-bond donors (Lipinski definition) is 1. The minimum absolute atomic E-state index is 0.00454. The van der Waals surface area contributed by atoms with E-state index in [-0.39, 0.29) is 23.4 Å². The van der Waals surface area contributed by atoms with E-state index >= 15 is 0 Å². The number of piperidine rings is 1. The second-order valence-electron chi connectivity index (χ2n) is 5.78. The number of aromatic nitrogens is 3. The first kappa shape index (κ1) is 17.7. The highest BCUT2D eigenvalue weighted by atomic mass is 35.5. The molecule has 0 spiro atoms. The fourth-order valence-electron chi connectivity index (χ4n) is 2.84. The second kappa shape index (κ2) is 6.64. The molecule has 1 unspecified atom stereocenters. The molecule has 0 aliphatic carbocycles. The average molecular weight is 374 g/mol. The van der Waals surface area contributed by atoms with Gasteiger partial charge in [0, 0.05) is 25.3 Å². The highest BCUT2D eigenvalue weighted by Gasteiger charge is 2.42. The van der Waals surface area contributed by atoms with Crippen molar-refractivity contribution in [2.75, 3.05) is 13.1 Å². The van der Waals surface area contributed by atoms with Crippen molar-refractivity contribution in [2.24, 2.45) is 5.73 Å². The van der Waals surface area contributed by atoms with Crippen molar-refractivity contribution >= 4 is 17.5 Å². The zero-order valence-electron chi connectivity index (χ0n) is 13.0. The standard InChI is InChI=1S/C15H15ClF3N5O/c16-11-4-1-5-21-13(11)24-12(15(17,18)19)10(7-22-24)14(25)23-6-2-3-9(20)8-23/h1,4-5,7,9H,2-3,6,8,20H2. The Morgan fingerprint density at radius 3 is 2.80 bits per heavy atom. The SMILES string of the molecule is NC1CCCN(C(=O)c2cnn(-c3ncccc3Cl)c2C(F)(F)F)C1. The molecule has 0 saturated carbocycles. The van der Waals surface area contributed by atoms with Crippen LogP contribution in [0.4, 0.5) is 13.2 Å². The number of pyridine rings is 1. The lowest BCUT2D eigenvalue weighted by atomic mass is 10.1. The molecule has 1 saturated heterocycles. The van der Waals surface area contributed by atoms with Crippen molar-refractivity contribution < 1.29 is 18.0 Å². The predicted molar refractivity (Wildman–Crippen MR) is 84.5 cm³/mol. The van der Waals surface area contributed by atoms with Gasteiger partial charge in [-0.3, -0.25) is 4.79 Å². The molecule has 3 heterocycles. The molecule has 25 heavy (non-hydrogen) atoms. The summed E-state index contributed by atoms with van der Waals surface area (Å²) in [5.74, 6) is -0.938. The quantitative estimate of drug-likeness (QED) is 0.877. The summed E-state index contributed by atoms with van der Waals surface area (Å²) in [5, 5.41) is 3.72. The number of alkyl halides is 3. The minimum Gasteiger partial charge on any atom is -0.337 e. The molecule has 1 atom stereocenters. The van der Waals surface area contributed by atoms with E-state index in [1.54, 1.807) is 0 Å². The van der Waals surface area contributed by atoms with Crippen LogP contribution in [0.25, 0.3) is 5.82 Å². The van der Waals surface area contributed by atoms with Crippen molar-refractivity contribution in [1.29, 1.82) is 0 Å². The summed E-state index contributed by atoms with van der Waals surface area (Å²) in [5.41, 5.74) is 4.08. The molecule has 2 aromatic heterocycles. The van der Waals surface area contributed by atoms with Crippen molar-refractivity contribution in [3.8, 4) is 5.82 Å². The Bertz CT molecular complexity index is 792. The van der Waals surface area contributed by atoms with E-state index in [9.17, 15) is 18.0 Å². The van der Waals surface area contributed by atoms with E-state index < -0.39 is 23.3 Å². The topological polar surface area (TPSA) is 77.0 Å². The summed E-state index contributed by atoms with van der Waals surface area (Å²) in [6.45, 7) is 0.574. The fraction of sp³-hybridized carbons (Fsp3) is 0.400. The van der Waals surface area contributed by atoms with E-state index in [4.69, 9.17) is 17.3 Å². The van der Waals surface area contributed by atoms with Crippen LogP contribution in [-0.4, -0.2) is 44.7 Å². The fourth-order valence-corrected chi connectivity index (χ4v) is 3.04. The second-order valence-corrected chi connectivity index (χ2v) is 6.19. The first-order chi connectivity index (χ1) is 11.8. The predicted octanol–water partition coefficient (Wildman–Crippen LogP) is 2.50. The van der Waals surface area contributed by atoms with Crippen LogP contribution >= 0.6 is 11.6 Å². The van der Waals surface area contributed by atoms with Gasteiger partial charge in [0.05, 0.1) is 16.8 Å². The first-order valence-corrected chi connectivity index (χ1v) is 7.98. The van der Waals surface area contributed by atoms with Gasteiger partial charge in [0.1, 0.15) is 0 Å². The lowest BCUT2D eigenvalue weighted by Gasteiger charge is -2.30. The third kappa shape index (κ3) is 3.47. The zero-order valence-corrected chi connectivity index (χ0v) is 13.8. The van der Waals surface area contributed by atoms with Crippen LogP contribution in [0.5, 0.6) is 0 Å². The minimum atomic E-state index is -4.81. The molecule has 134 valence electrons. The smallest absolute Gasteiger partial charge is 0.337 e. The molecule has 1 aliphatic heterocycles. The van der Waals surface area contributed by atoms with Crippen molar-refractivity contribution in [1.82, 2.24) is 19.7 Å². The van der Waals surface area contributed by atoms with Gasteiger partial charge in [-0.1, -0.05) is 11.6 Å². The maximum Gasteiger partial charge on any atom is 0.434 e. The summed E-state index contributed by atoms with van der Waals surface area (Å²) in [6, 6.07) is 2.65. The number of carbonyl (C=O) groups excluding carboxylic acids is 1. The number of halogens is 4. The van der Waals surface area contributed by atoms with Crippen LogP contribution in [0.1, 0.15) is 28.9 Å². The number of amides is 1. The van der Waals surface area contributed by atoms with Gasteiger partial charge >= 0.3 is 6.18 Å². The Hall–Kier alpha value is -2.13. The summed E-state index contributed by atoms with van der Waals surface area (Å²) in [4.78, 5) is 17.8. The molecular weight excluding hydrogens is 359 g/mol.